The third kappa shape index (κ3) is 3.51. The Morgan fingerprint density at radius 3 is 3.18 bits per heavy atom. The summed E-state index contributed by atoms with van der Waals surface area (Å²) in [5.74, 6) is 0.116. The van der Waals surface area contributed by atoms with Gasteiger partial charge < -0.3 is 10.6 Å². The van der Waals surface area contributed by atoms with Crippen LogP contribution in [0.2, 0.25) is 0 Å². The molecule has 1 aliphatic rings. The lowest BCUT2D eigenvalue weighted by Crippen LogP contribution is -2.33. The average molecular weight is 253 g/mol. The Morgan fingerprint density at radius 2 is 2.59 bits per heavy atom. The molecule has 0 saturated carbocycles. The smallest absolute Gasteiger partial charge is 0.222 e. The third-order valence-corrected chi connectivity index (χ3v) is 4.08. The van der Waals surface area contributed by atoms with Crippen molar-refractivity contribution in [2.75, 3.05) is 6.54 Å². The molecule has 1 amide bonds. The van der Waals surface area contributed by atoms with Gasteiger partial charge in [0.05, 0.1) is 6.04 Å². The summed E-state index contributed by atoms with van der Waals surface area (Å²) in [6.45, 7) is 5.05. The Balaban J connectivity index is 1.81. The van der Waals surface area contributed by atoms with E-state index >= 15 is 0 Å². The van der Waals surface area contributed by atoms with Crippen LogP contribution < -0.4 is 10.6 Å². The number of carbonyl (C=O) groups excluding carboxylic acids is 1. The van der Waals surface area contributed by atoms with Crippen LogP contribution in [0.15, 0.2) is 6.20 Å². The van der Waals surface area contributed by atoms with Gasteiger partial charge in [0.15, 0.2) is 0 Å². The van der Waals surface area contributed by atoms with E-state index in [0.717, 1.165) is 18.0 Å². The molecule has 4 nitrogen and oxygen atoms in total. The third-order valence-electron chi connectivity index (χ3n) is 2.98. The molecule has 2 atom stereocenters. The molecule has 1 aromatic heterocycles. The molecule has 17 heavy (non-hydrogen) atoms. The van der Waals surface area contributed by atoms with Crippen LogP contribution >= 0.6 is 11.3 Å². The molecule has 94 valence electrons. The molecule has 1 saturated heterocycles. The maximum atomic E-state index is 11.8. The van der Waals surface area contributed by atoms with Crippen LogP contribution in [0.25, 0.3) is 0 Å². The predicted octanol–water partition coefficient (Wildman–Crippen LogP) is 1.77. The molecular weight excluding hydrogens is 234 g/mol. The lowest BCUT2D eigenvalue weighted by Gasteiger charge is -2.14. The molecule has 0 spiro atoms. The first-order valence-corrected chi connectivity index (χ1v) is 6.92. The fourth-order valence-electron chi connectivity index (χ4n) is 2.09. The van der Waals surface area contributed by atoms with E-state index in [9.17, 15) is 4.79 Å². The summed E-state index contributed by atoms with van der Waals surface area (Å²) in [6, 6.07) is 0.378. The largest absolute Gasteiger partial charge is 0.347 e. The van der Waals surface area contributed by atoms with Gasteiger partial charge in [0, 0.05) is 23.5 Å². The van der Waals surface area contributed by atoms with Crippen LogP contribution in [-0.2, 0) is 4.79 Å². The fraction of sp³-hybridized carbons (Fsp3) is 0.667. The number of amides is 1. The summed E-state index contributed by atoms with van der Waals surface area (Å²) < 4.78 is 0. The number of carbonyl (C=O) groups is 1. The van der Waals surface area contributed by atoms with Crippen LogP contribution in [0.5, 0.6) is 0 Å². The highest BCUT2D eigenvalue weighted by atomic mass is 32.1. The first-order chi connectivity index (χ1) is 8.15. The first-order valence-electron chi connectivity index (χ1n) is 6.10. The zero-order valence-corrected chi connectivity index (χ0v) is 11.1. The number of nitrogens with one attached hydrogen (secondary N) is 2. The van der Waals surface area contributed by atoms with Crippen molar-refractivity contribution in [3.63, 3.8) is 0 Å². The lowest BCUT2D eigenvalue weighted by molar-refractivity contribution is -0.122. The Morgan fingerprint density at radius 1 is 1.76 bits per heavy atom. The second-order valence-electron chi connectivity index (χ2n) is 4.60. The summed E-state index contributed by atoms with van der Waals surface area (Å²) in [4.78, 5) is 17.3. The molecule has 0 aliphatic carbocycles. The molecule has 1 aromatic rings. The Bertz CT molecular complexity index is 385. The molecule has 2 rings (SSSR count). The van der Waals surface area contributed by atoms with E-state index in [1.165, 1.54) is 11.3 Å². The van der Waals surface area contributed by atoms with Crippen LogP contribution in [0.4, 0.5) is 0 Å². The van der Waals surface area contributed by atoms with Gasteiger partial charge in [-0.25, -0.2) is 4.98 Å². The van der Waals surface area contributed by atoms with Gasteiger partial charge >= 0.3 is 0 Å². The van der Waals surface area contributed by atoms with E-state index in [2.05, 4.69) is 15.6 Å². The maximum Gasteiger partial charge on any atom is 0.222 e. The van der Waals surface area contributed by atoms with Crippen LogP contribution in [-0.4, -0.2) is 23.5 Å². The second-order valence-corrected chi connectivity index (χ2v) is 5.86. The molecule has 2 heterocycles. The molecule has 0 radical (unpaired) electrons. The van der Waals surface area contributed by atoms with E-state index in [1.54, 1.807) is 11.3 Å². The standard InChI is InChI=1S/C12H19N3OS/c1-8-7-14-12(17-8)9(2)15-11(16)6-10-4-3-5-13-10/h7,9-10,13H,3-6H2,1-2H3,(H,15,16). The van der Waals surface area contributed by atoms with Gasteiger partial charge in [-0.05, 0) is 33.2 Å². The fourth-order valence-corrected chi connectivity index (χ4v) is 2.87. The normalized spacial score (nSPS) is 21.4. The van der Waals surface area contributed by atoms with Crippen molar-refractivity contribution in [2.24, 2.45) is 0 Å². The molecule has 0 bridgehead atoms. The minimum atomic E-state index is 0.0163. The van der Waals surface area contributed by atoms with Gasteiger partial charge in [-0.1, -0.05) is 0 Å². The Kier molecular flexibility index (Phi) is 4.12. The lowest BCUT2D eigenvalue weighted by atomic mass is 10.1. The summed E-state index contributed by atoms with van der Waals surface area (Å²) in [5.41, 5.74) is 0. The zero-order valence-electron chi connectivity index (χ0n) is 10.3. The van der Waals surface area contributed by atoms with E-state index in [0.29, 0.717) is 12.5 Å². The predicted molar refractivity (Wildman–Crippen MR) is 69.1 cm³/mol. The van der Waals surface area contributed by atoms with Crippen molar-refractivity contribution in [3.8, 4) is 0 Å². The van der Waals surface area contributed by atoms with Gasteiger partial charge in [0.2, 0.25) is 5.91 Å². The molecular formula is C12H19N3OS. The number of nitrogens with zero attached hydrogens (tertiary/aromatic N) is 1. The maximum absolute atomic E-state index is 11.8. The topological polar surface area (TPSA) is 54.0 Å². The van der Waals surface area contributed by atoms with Gasteiger partial charge in [-0.3, -0.25) is 4.79 Å². The van der Waals surface area contributed by atoms with Crippen LogP contribution in [0.1, 0.15) is 42.1 Å². The highest BCUT2D eigenvalue weighted by molar-refractivity contribution is 7.11. The van der Waals surface area contributed by atoms with E-state index in [1.807, 2.05) is 20.0 Å². The average Bonchev–Trinajstić information content (AvgIpc) is 2.89. The number of hydrogen-bond acceptors (Lipinski definition) is 4. The molecule has 2 unspecified atom stereocenters. The highest BCUT2D eigenvalue weighted by Crippen LogP contribution is 2.19. The minimum absolute atomic E-state index is 0.0163. The number of aryl methyl sites for hydroxylation is 1. The highest BCUT2D eigenvalue weighted by Gasteiger charge is 2.19. The number of hydrogen-bond donors (Lipinski definition) is 2. The van der Waals surface area contributed by atoms with Crippen LogP contribution in [0.3, 0.4) is 0 Å². The summed E-state index contributed by atoms with van der Waals surface area (Å²) in [7, 11) is 0. The molecule has 5 heteroatoms. The van der Waals surface area contributed by atoms with E-state index in [-0.39, 0.29) is 11.9 Å². The zero-order chi connectivity index (χ0) is 12.3. The van der Waals surface area contributed by atoms with Crippen molar-refractivity contribution in [3.05, 3.63) is 16.1 Å². The molecule has 1 fully saturated rings. The van der Waals surface area contributed by atoms with Crippen LogP contribution in [0, 0.1) is 6.92 Å². The summed E-state index contributed by atoms with van der Waals surface area (Å²) in [5, 5.41) is 7.32. The van der Waals surface area contributed by atoms with Gasteiger partial charge in [0.25, 0.3) is 0 Å². The number of aromatic nitrogens is 1. The monoisotopic (exact) mass is 253 g/mol. The van der Waals surface area contributed by atoms with Crippen molar-refractivity contribution in [2.45, 2.75) is 45.2 Å². The second kappa shape index (κ2) is 5.60. The summed E-state index contributed by atoms with van der Waals surface area (Å²) in [6.07, 6.45) is 4.72. The van der Waals surface area contributed by atoms with Crippen molar-refractivity contribution in [1.82, 2.24) is 15.6 Å². The number of thiazole rings is 1. The molecule has 2 N–H and O–H groups in total. The molecule has 0 aromatic carbocycles. The quantitative estimate of drug-likeness (QED) is 0.860. The minimum Gasteiger partial charge on any atom is -0.347 e. The first kappa shape index (κ1) is 12.5. The van der Waals surface area contributed by atoms with Crippen molar-refractivity contribution < 1.29 is 4.79 Å². The van der Waals surface area contributed by atoms with Gasteiger partial charge in [0.1, 0.15) is 5.01 Å². The molecule has 1 aliphatic heterocycles. The Hall–Kier alpha value is -0.940. The SMILES string of the molecule is Cc1cnc(C(C)NC(=O)CC2CCCN2)s1. The summed E-state index contributed by atoms with van der Waals surface area (Å²) >= 11 is 1.64. The van der Waals surface area contributed by atoms with Gasteiger partial charge in [-0.15, -0.1) is 11.3 Å². The van der Waals surface area contributed by atoms with Crippen molar-refractivity contribution >= 4 is 17.2 Å². The van der Waals surface area contributed by atoms with Crippen molar-refractivity contribution in [1.29, 1.82) is 0 Å². The van der Waals surface area contributed by atoms with E-state index < -0.39 is 0 Å². The van der Waals surface area contributed by atoms with Gasteiger partial charge in [-0.2, -0.15) is 0 Å². The van der Waals surface area contributed by atoms with E-state index in [4.69, 9.17) is 0 Å². The number of rotatable bonds is 4. The Labute approximate surface area is 106 Å².